The lowest BCUT2D eigenvalue weighted by Crippen LogP contribution is -2.50. The monoisotopic (exact) mass is 537 g/mol. The lowest BCUT2D eigenvalue weighted by molar-refractivity contribution is 0.335. The number of rotatable bonds is 4. The second kappa shape index (κ2) is 11.2. The smallest absolute Gasteiger partial charge is 0.159 e. The maximum atomic E-state index is 6.60. The molecule has 8 heteroatoms. The van der Waals surface area contributed by atoms with Crippen molar-refractivity contribution in [3.63, 3.8) is 0 Å². The van der Waals surface area contributed by atoms with Crippen LogP contribution in [0.1, 0.15) is 17.2 Å². The van der Waals surface area contributed by atoms with E-state index in [2.05, 4.69) is 28.2 Å². The van der Waals surface area contributed by atoms with Crippen molar-refractivity contribution in [2.75, 3.05) is 30.8 Å². The summed E-state index contributed by atoms with van der Waals surface area (Å²) < 4.78 is 0. The van der Waals surface area contributed by atoms with E-state index >= 15 is 0 Å². The number of anilines is 1. The van der Waals surface area contributed by atoms with Crippen LogP contribution in [0.15, 0.2) is 71.7 Å². The van der Waals surface area contributed by atoms with Crippen molar-refractivity contribution in [1.82, 2.24) is 4.90 Å². The predicted molar refractivity (Wildman–Crippen MR) is 146 cm³/mol. The summed E-state index contributed by atoms with van der Waals surface area (Å²) in [6, 6.07) is 21.6. The van der Waals surface area contributed by atoms with E-state index in [0.29, 0.717) is 16.6 Å². The zero-order chi connectivity index (χ0) is 23.4. The van der Waals surface area contributed by atoms with E-state index < -0.39 is 0 Å². The van der Waals surface area contributed by atoms with Gasteiger partial charge in [-0.2, -0.15) is 0 Å². The molecular formula is C25H23Cl4N3S. The first-order chi connectivity index (χ1) is 15.9. The van der Waals surface area contributed by atoms with E-state index in [1.807, 2.05) is 48.5 Å². The molecule has 172 valence electrons. The Labute approximate surface area is 219 Å². The summed E-state index contributed by atoms with van der Waals surface area (Å²) in [5, 5.41) is 3.75. The minimum absolute atomic E-state index is 0.0857. The fourth-order valence-corrected chi connectivity index (χ4v) is 5.36. The highest BCUT2D eigenvalue weighted by molar-refractivity contribution is 8.13. The molecule has 0 saturated carbocycles. The van der Waals surface area contributed by atoms with Crippen molar-refractivity contribution in [2.45, 2.75) is 12.6 Å². The Bertz CT molecular complexity index is 1120. The number of halogens is 4. The van der Waals surface area contributed by atoms with Gasteiger partial charge in [0.2, 0.25) is 0 Å². The molecule has 1 atom stereocenters. The van der Waals surface area contributed by atoms with Gasteiger partial charge in [-0.25, -0.2) is 0 Å². The molecule has 0 N–H and O–H groups in total. The molecule has 4 rings (SSSR count). The Morgan fingerprint density at radius 1 is 0.879 bits per heavy atom. The summed E-state index contributed by atoms with van der Waals surface area (Å²) in [6.07, 6.45) is 2.07. The zero-order valence-electron chi connectivity index (χ0n) is 18.0. The number of amidine groups is 1. The van der Waals surface area contributed by atoms with E-state index in [1.165, 1.54) is 5.56 Å². The zero-order valence-corrected chi connectivity index (χ0v) is 21.9. The highest BCUT2D eigenvalue weighted by atomic mass is 35.5. The van der Waals surface area contributed by atoms with Crippen LogP contribution in [0.3, 0.4) is 0 Å². The van der Waals surface area contributed by atoms with Gasteiger partial charge in [0, 0.05) is 34.7 Å². The van der Waals surface area contributed by atoms with Crippen molar-refractivity contribution in [2.24, 2.45) is 4.99 Å². The molecule has 1 unspecified atom stereocenters. The van der Waals surface area contributed by atoms with Crippen LogP contribution in [0, 0.1) is 0 Å². The quantitative estimate of drug-likeness (QED) is 0.247. The predicted octanol–water partition coefficient (Wildman–Crippen LogP) is 8.08. The van der Waals surface area contributed by atoms with Crippen molar-refractivity contribution < 1.29 is 0 Å². The molecule has 0 radical (unpaired) electrons. The molecular weight excluding hydrogens is 516 g/mol. The molecule has 0 aliphatic carbocycles. The topological polar surface area (TPSA) is 18.8 Å². The van der Waals surface area contributed by atoms with Gasteiger partial charge in [-0.3, -0.25) is 4.99 Å². The SMILES string of the molecule is CSC(=NCc1ccc(Cl)cc1)N1CCN(c2ccc(Cl)cc2Cl)C(c2ccc(Cl)cc2)C1. The minimum Gasteiger partial charge on any atom is -0.360 e. The van der Waals surface area contributed by atoms with Gasteiger partial charge in [0.15, 0.2) is 5.17 Å². The maximum absolute atomic E-state index is 6.60. The van der Waals surface area contributed by atoms with Crippen LogP contribution < -0.4 is 4.90 Å². The summed E-state index contributed by atoms with van der Waals surface area (Å²) in [5.74, 6) is 0. The van der Waals surface area contributed by atoms with Gasteiger partial charge in [0.1, 0.15) is 0 Å². The van der Waals surface area contributed by atoms with Gasteiger partial charge in [-0.15, -0.1) is 0 Å². The normalized spacial score (nSPS) is 16.9. The number of nitrogens with zero attached hydrogens (tertiary/aromatic N) is 3. The Kier molecular flexibility index (Phi) is 8.37. The third kappa shape index (κ3) is 6.12. The largest absolute Gasteiger partial charge is 0.360 e. The second-order valence-corrected chi connectivity index (χ2v) is 10.2. The van der Waals surface area contributed by atoms with Crippen LogP contribution in [0.5, 0.6) is 0 Å². The molecule has 0 bridgehead atoms. The molecule has 3 aromatic carbocycles. The highest BCUT2D eigenvalue weighted by Gasteiger charge is 2.31. The van der Waals surface area contributed by atoms with Gasteiger partial charge >= 0.3 is 0 Å². The average Bonchev–Trinajstić information content (AvgIpc) is 2.81. The van der Waals surface area contributed by atoms with Crippen LogP contribution in [-0.2, 0) is 6.54 Å². The van der Waals surface area contributed by atoms with E-state index in [-0.39, 0.29) is 6.04 Å². The van der Waals surface area contributed by atoms with Gasteiger partial charge in [-0.05, 0) is 59.8 Å². The van der Waals surface area contributed by atoms with E-state index in [4.69, 9.17) is 51.4 Å². The molecule has 1 saturated heterocycles. The Hall–Kier alpha value is -1.56. The van der Waals surface area contributed by atoms with Crippen molar-refractivity contribution in [1.29, 1.82) is 0 Å². The number of piperazine rings is 1. The molecule has 0 aromatic heterocycles. The molecule has 1 heterocycles. The van der Waals surface area contributed by atoms with Crippen LogP contribution in [0.2, 0.25) is 20.1 Å². The summed E-state index contributed by atoms with van der Waals surface area (Å²) in [7, 11) is 0. The maximum Gasteiger partial charge on any atom is 0.159 e. The lowest BCUT2D eigenvalue weighted by Gasteiger charge is -2.44. The number of benzene rings is 3. The van der Waals surface area contributed by atoms with E-state index in [1.54, 1.807) is 17.8 Å². The van der Waals surface area contributed by atoms with E-state index in [0.717, 1.165) is 46.1 Å². The molecule has 1 aliphatic heterocycles. The fourth-order valence-electron chi connectivity index (χ4n) is 3.97. The van der Waals surface area contributed by atoms with Crippen LogP contribution in [-0.4, -0.2) is 36.0 Å². The third-order valence-electron chi connectivity index (χ3n) is 5.62. The molecule has 3 nitrogen and oxygen atoms in total. The number of hydrogen-bond donors (Lipinski definition) is 0. The average molecular weight is 539 g/mol. The highest BCUT2D eigenvalue weighted by Crippen LogP contribution is 2.37. The summed E-state index contributed by atoms with van der Waals surface area (Å²) in [6.45, 7) is 3.03. The fraction of sp³-hybridized carbons (Fsp3) is 0.240. The van der Waals surface area contributed by atoms with Gasteiger partial charge in [0.05, 0.1) is 23.3 Å². The third-order valence-corrected chi connectivity index (χ3v) is 7.41. The first kappa shape index (κ1) is 24.6. The van der Waals surface area contributed by atoms with Crippen LogP contribution in [0.4, 0.5) is 5.69 Å². The molecule has 0 amide bonds. The van der Waals surface area contributed by atoms with Crippen molar-refractivity contribution >= 4 is 69.0 Å². The first-order valence-corrected chi connectivity index (χ1v) is 13.2. The van der Waals surface area contributed by atoms with Crippen molar-refractivity contribution in [3.8, 4) is 0 Å². The Balaban J connectivity index is 1.61. The van der Waals surface area contributed by atoms with Crippen LogP contribution in [0.25, 0.3) is 0 Å². The number of hydrogen-bond acceptors (Lipinski definition) is 3. The molecule has 1 aliphatic rings. The summed E-state index contributed by atoms with van der Waals surface area (Å²) in [5.41, 5.74) is 3.28. The Morgan fingerprint density at radius 3 is 2.15 bits per heavy atom. The number of thioether (sulfide) groups is 1. The Morgan fingerprint density at radius 2 is 1.52 bits per heavy atom. The van der Waals surface area contributed by atoms with Gasteiger partial charge < -0.3 is 9.80 Å². The minimum atomic E-state index is 0.0857. The van der Waals surface area contributed by atoms with Gasteiger partial charge in [-0.1, -0.05) is 82.4 Å². The molecule has 0 spiro atoms. The van der Waals surface area contributed by atoms with Gasteiger partial charge in [0.25, 0.3) is 0 Å². The molecule has 3 aromatic rings. The molecule has 33 heavy (non-hydrogen) atoms. The second-order valence-electron chi connectivity index (χ2n) is 7.73. The van der Waals surface area contributed by atoms with Crippen LogP contribution >= 0.6 is 58.2 Å². The standard InChI is InChI=1S/C25H23Cl4N3S/c1-33-25(30-15-17-2-6-19(26)7-3-17)31-12-13-32(23-11-10-21(28)14-22(23)29)24(16-31)18-4-8-20(27)9-5-18/h2-11,14,24H,12-13,15-16H2,1H3. The first-order valence-electron chi connectivity index (χ1n) is 10.5. The number of aliphatic imine (C=N–C) groups is 1. The summed E-state index contributed by atoms with van der Waals surface area (Å²) >= 11 is 26.6. The van der Waals surface area contributed by atoms with Crippen molar-refractivity contribution in [3.05, 3.63) is 97.9 Å². The summed E-state index contributed by atoms with van der Waals surface area (Å²) in [4.78, 5) is 9.60. The lowest BCUT2D eigenvalue weighted by atomic mass is 10.0. The van der Waals surface area contributed by atoms with E-state index in [9.17, 15) is 0 Å². The molecule has 1 fully saturated rings.